The fourth-order valence-electron chi connectivity index (χ4n) is 4.37. The van der Waals surface area contributed by atoms with E-state index in [2.05, 4.69) is 47.7 Å². The molecular weight excluding hydrogens is 437 g/mol. The second-order valence-electron chi connectivity index (χ2n) is 7.58. The van der Waals surface area contributed by atoms with Crippen LogP contribution in [0.1, 0.15) is 47.0 Å². The molecule has 2 heterocycles. The van der Waals surface area contributed by atoms with Gasteiger partial charge in [-0.05, 0) is 31.7 Å². The zero-order chi connectivity index (χ0) is 18.1. The molecule has 1 unspecified atom stereocenters. The average Bonchev–Trinajstić information content (AvgIpc) is 3.12. The van der Waals surface area contributed by atoms with Gasteiger partial charge in [-0.3, -0.25) is 9.89 Å². The lowest BCUT2D eigenvalue weighted by Crippen LogP contribution is -2.47. The van der Waals surface area contributed by atoms with E-state index < -0.39 is 0 Å². The number of halogens is 1. The Balaban J connectivity index is 0.00000338. The van der Waals surface area contributed by atoms with Crippen molar-refractivity contribution in [3.05, 3.63) is 0 Å². The summed E-state index contributed by atoms with van der Waals surface area (Å²) in [6.45, 7) is 20.4. The third kappa shape index (κ3) is 7.15. The van der Waals surface area contributed by atoms with Gasteiger partial charge >= 0.3 is 0 Å². The number of guanidine groups is 1. The Morgan fingerprint density at radius 2 is 1.65 bits per heavy atom. The summed E-state index contributed by atoms with van der Waals surface area (Å²) in [4.78, 5) is 12.6. The van der Waals surface area contributed by atoms with E-state index in [1.807, 2.05) is 0 Å². The largest absolute Gasteiger partial charge is 0.357 e. The van der Waals surface area contributed by atoms with Crippen LogP contribution in [-0.4, -0.2) is 86.1 Å². The zero-order valence-corrected chi connectivity index (χ0v) is 19.9. The number of likely N-dealkylation sites (N-methyl/N-ethyl adjacent to an activating group) is 1. The average molecular weight is 479 g/mol. The van der Waals surface area contributed by atoms with Gasteiger partial charge in [0, 0.05) is 52.4 Å². The van der Waals surface area contributed by atoms with Crippen LogP contribution in [0.3, 0.4) is 0 Å². The molecule has 0 aromatic carbocycles. The minimum atomic E-state index is 0. The van der Waals surface area contributed by atoms with Crippen molar-refractivity contribution in [2.24, 2.45) is 16.8 Å². The van der Waals surface area contributed by atoms with E-state index >= 15 is 0 Å². The third-order valence-corrected chi connectivity index (χ3v) is 6.16. The van der Waals surface area contributed by atoms with Gasteiger partial charge in [-0.25, -0.2) is 0 Å². The van der Waals surface area contributed by atoms with Gasteiger partial charge < -0.3 is 15.1 Å². The minimum absolute atomic E-state index is 0. The monoisotopic (exact) mass is 479 g/mol. The van der Waals surface area contributed by atoms with Gasteiger partial charge in [0.1, 0.15) is 0 Å². The van der Waals surface area contributed by atoms with E-state index in [1.165, 1.54) is 65.1 Å². The van der Waals surface area contributed by atoms with E-state index in [1.54, 1.807) is 0 Å². The van der Waals surface area contributed by atoms with Crippen molar-refractivity contribution in [2.75, 3.05) is 65.4 Å². The van der Waals surface area contributed by atoms with Crippen LogP contribution in [0.4, 0.5) is 0 Å². The smallest absolute Gasteiger partial charge is 0.193 e. The van der Waals surface area contributed by atoms with E-state index in [9.17, 15) is 0 Å². The highest BCUT2D eigenvalue weighted by molar-refractivity contribution is 14.0. The van der Waals surface area contributed by atoms with Gasteiger partial charge in [0.15, 0.2) is 5.96 Å². The summed E-state index contributed by atoms with van der Waals surface area (Å²) in [5, 5.41) is 3.52. The maximum absolute atomic E-state index is 4.95. The molecular formula is C20H42IN5. The molecule has 0 aromatic rings. The fraction of sp³-hybridized carbons (Fsp3) is 0.950. The minimum Gasteiger partial charge on any atom is -0.357 e. The summed E-state index contributed by atoms with van der Waals surface area (Å²) in [5.41, 5.74) is 0. The summed E-state index contributed by atoms with van der Waals surface area (Å²) in [7, 11) is 0. The molecule has 0 bridgehead atoms. The predicted molar refractivity (Wildman–Crippen MR) is 124 cm³/mol. The maximum atomic E-state index is 4.95. The highest BCUT2D eigenvalue weighted by Gasteiger charge is 2.29. The number of hydrogen-bond acceptors (Lipinski definition) is 3. The number of aliphatic imine (C=N–C) groups is 1. The first-order chi connectivity index (χ1) is 12.2. The van der Waals surface area contributed by atoms with Crippen LogP contribution in [0.25, 0.3) is 0 Å². The highest BCUT2D eigenvalue weighted by Crippen LogP contribution is 2.28. The SMILES string of the molecule is CCNC(=NCCN1CCN(CC)CC1)N1CCC(C(CC)CC)C1.I. The number of likely N-dealkylation sites (tertiary alicyclic amines) is 1. The molecule has 0 amide bonds. The topological polar surface area (TPSA) is 34.1 Å². The van der Waals surface area contributed by atoms with Gasteiger partial charge in [-0.1, -0.05) is 33.6 Å². The number of rotatable bonds is 8. The molecule has 2 saturated heterocycles. The van der Waals surface area contributed by atoms with Crippen LogP contribution < -0.4 is 5.32 Å². The molecule has 2 aliphatic heterocycles. The van der Waals surface area contributed by atoms with Crippen molar-refractivity contribution in [3.63, 3.8) is 0 Å². The first-order valence-corrected chi connectivity index (χ1v) is 10.7. The Hall–Kier alpha value is -0.0800. The molecule has 0 radical (unpaired) electrons. The summed E-state index contributed by atoms with van der Waals surface area (Å²) in [6, 6.07) is 0. The predicted octanol–water partition coefficient (Wildman–Crippen LogP) is 2.97. The Kier molecular flexibility index (Phi) is 12.1. The Morgan fingerprint density at radius 3 is 2.23 bits per heavy atom. The van der Waals surface area contributed by atoms with E-state index in [0.717, 1.165) is 37.4 Å². The van der Waals surface area contributed by atoms with Crippen LogP contribution in [0.2, 0.25) is 0 Å². The van der Waals surface area contributed by atoms with Gasteiger partial charge in [0.2, 0.25) is 0 Å². The summed E-state index contributed by atoms with van der Waals surface area (Å²) < 4.78 is 0. The molecule has 0 aliphatic carbocycles. The molecule has 0 saturated carbocycles. The number of piperazine rings is 1. The van der Waals surface area contributed by atoms with Crippen LogP contribution in [0, 0.1) is 11.8 Å². The molecule has 0 spiro atoms. The molecule has 0 aromatic heterocycles. The van der Waals surface area contributed by atoms with Crippen molar-refractivity contribution in [1.29, 1.82) is 0 Å². The van der Waals surface area contributed by atoms with Crippen LogP contribution in [0.5, 0.6) is 0 Å². The molecule has 6 heteroatoms. The number of nitrogens with zero attached hydrogens (tertiary/aromatic N) is 4. The Morgan fingerprint density at radius 1 is 1.00 bits per heavy atom. The molecule has 154 valence electrons. The van der Waals surface area contributed by atoms with E-state index in [4.69, 9.17) is 4.99 Å². The lowest BCUT2D eigenvalue weighted by atomic mass is 9.87. The quantitative estimate of drug-likeness (QED) is 0.330. The van der Waals surface area contributed by atoms with Crippen molar-refractivity contribution in [1.82, 2.24) is 20.0 Å². The van der Waals surface area contributed by atoms with Crippen molar-refractivity contribution in [3.8, 4) is 0 Å². The maximum Gasteiger partial charge on any atom is 0.193 e. The normalized spacial score (nSPS) is 22.7. The first-order valence-electron chi connectivity index (χ1n) is 10.7. The summed E-state index contributed by atoms with van der Waals surface area (Å²) >= 11 is 0. The third-order valence-electron chi connectivity index (χ3n) is 6.16. The van der Waals surface area contributed by atoms with Gasteiger partial charge in [0.25, 0.3) is 0 Å². The Bertz CT molecular complexity index is 392. The lowest BCUT2D eigenvalue weighted by molar-refractivity contribution is 0.140. The molecule has 2 rings (SSSR count). The molecule has 26 heavy (non-hydrogen) atoms. The van der Waals surface area contributed by atoms with Crippen LogP contribution in [0.15, 0.2) is 4.99 Å². The van der Waals surface area contributed by atoms with Crippen LogP contribution in [-0.2, 0) is 0 Å². The lowest BCUT2D eigenvalue weighted by Gasteiger charge is -2.33. The number of hydrogen-bond donors (Lipinski definition) is 1. The molecule has 2 aliphatic rings. The summed E-state index contributed by atoms with van der Waals surface area (Å²) in [5.74, 6) is 2.87. The van der Waals surface area contributed by atoms with Gasteiger partial charge in [-0.2, -0.15) is 0 Å². The molecule has 2 fully saturated rings. The van der Waals surface area contributed by atoms with Crippen molar-refractivity contribution < 1.29 is 0 Å². The second kappa shape index (κ2) is 13.2. The molecule has 5 nitrogen and oxygen atoms in total. The summed E-state index contributed by atoms with van der Waals surface area (Å²) in [6.07, 6.45) is 3.95. The Labute approximate surface area is 179 Å². The van der Waals surface area contributed by atoms with Crippen molar-refractivity contribution in [2.45, 2.75) is 47.0 Å². The van der Waals surface area contributed by atoms with Crippen molar-refractivity contribution >= 4 is 29.9 Å². The van der Waals surface area contributed by atoms with E-state index in [0.29, 0.717) is 0 Å². The second-order valence-corrected chi connectivity index (χ2v) is 7.58. The van der Waals surface area contributed by atoms with Gasteiger partial charge in [0.05, 0.1) is 6.54 Å². The van der Waals surface area contributed by atoms with E-state index in [-0.39, 0.29) is 24.0 Å². The molecule has 1 atom stereocenters. The van der Waals surface area contributed by atoms with Gasteiger partial charge in [-0.15, -0.1) is 24.0 Å². The zero-order valence-electron chi connectivity index (χ0n) is 17.5. The highest BCUT2D eigenvalue weighted by atomic mass is 127. The first kappa shape index (κ1) is 24.0. The number of nitrogens with one attached hydrogen (secondary N) is 1. The van der Waals surface area contributed by atoms with Crippen LogP contribution >= 0.6 is 24.0 Å². The molecule has 1 N–H and O–H groups in total. The standard InChI is InChI=1S/C20H41N5.HI/c1-5-18(6-2)19-9-11-25(17-19)20(21-7-3)22-10-12-24-15-13-23(8-4)14-16-24;/h18-19H,5-17H2,1-4H3,(H,21,22);1H. The fourth-order valence-corrected chi connectivity index (χ4v) is 4.37.